The lowest BCUT2D eigenvalue weighted by Crippen LogP contribution is -2.68. The van der Waals surface area contributed by atoms with Gasteiger partial charge < -0.3 is 18.3 Å². The van der Waals surface area contributed by atoms with Crippen LogP contribution in [0.4, 0.5) is 0 Å². The maximum absolute atomic E-state index is 12.2. The Kier molecular flexibility index (Phi) is 8.35. The maximum atomic E-state index is 12.2. The highest BCUT2D eigenvalue weighted by atomic mass is 35.5. The van der Waals surface area contributed by atoms with Crippen LogP contribution in [0.5, 0.6) is 0 Å². The van der Waals surface area contributed by atoms with E-state index < -0.39 is 14.4 Å². The third-order valence-electron chi connectivity index (χ3n) is 6.74. The van der Waals surface area contributed by atoms with Crippen molar-refractivity contribution in [2.24, 2.45) is 0 Å². The molecule has 36 heavy (non-hydrogen) atoms. The lowest BCUT2D eigenvalue weighted by Gasteiger charge is -2.47. The van der Waals surface area contributed by atoms with E-state index in [0.717, 1.165) is 0 Å². The molecule has 0 amide bonds. The molecule has 0 spiro atoms. The van der Waals surface area contributed by atoms with Crippen LogP contribution in [0.1, 0.15) is 57.8 Å². The number of benzene rings is 2. The third-order valence-corrected chi connectivity index (χ3v) is 12.1. The molecule has 0 unspecified atom stereocenters. The molecule has 6 nitrogen and oxygen atoms in total. The quantitative estimate of drug-likeness (QED) is 0.229. The minimum atomic E-state index is -2.79. The number of esters is 1. The number of hydrogen-bond acceptors (Lipinski definition) is 6. The molecule has 8 heteroatoms. The van der Waals surface area contributed by atoms with Crippen molar-refractivity contribution >= 4 is 36.3 Å². The summed E-state index contributed by atoms with van der Waals surface area (Å²) >= 11 is 5.92. The second-order valence-electron chi connectivity index (χ2n) is 10.2. The zero-order chi connectivity index (χ0) is 25.8. The summed E-state index contributed by atoms with van der Waals surface area (Å²) in [6.07, 6.45) is 2.01. The Bertz CT molecular complexity index is 1090. The first kappa shape index (κ1) is 26.6. The number of ether oxygens (including phenoxy) is 2. The van der Waals surface area contributed by atoms with E-state index in [-0.39, 0.29) is 35.5 Å². The highest BCUT2D eigenvalue weighted by molar-refractivity contribution is 6.99. The van der Waals surface area contributed by atoms with Crippen molar-refractivity contribution in [3.05, 3.63) is 78.5 Å². The SMILES string of the molecule is COC(=O)C[C@@H]1C[C@@H](O[Si](c2ccccc2)(c2ccccc2)C(C)(C)C)C[C@H](c2cnc(CCl)o2)O1. The fourth-order valence-corrected chi connectivity index (χ4v) is 9.96. The zero-order valence-corrected chi connectivity index (χ0v) is 23.0. The number of methoxy groups -OCH3 is 1. The van der Waals surface area contributed by atoms with E-state index in [1.54, 1.807) is 6.20 Å². The highest BCUT2D eigenvalue weighted by Gasteiger charge is 2.52. The van der Waals surface area contributed by atoms with E-state index in [4.69, 9.17) is 29.9 Å². The van der Waals surface area contributed by atoms with Gasteiger partial charge in [-0.25, -0.2) is 4.98 Å². The summed E-state index contributed by atoms with van der Waals surface area (Å²) in [4.78, 5) is 16.4. The molecule has 1 fully saturated rings. The van der Waals surface area contributed by atoms with Crippen LogP contribution in [0.15, 0.2) is 71.3 Å². The largest absolute Gasteiger partial charge is 0.469 e. The molecule has 1 aliphatic heterocycles. The summed E-state index contributed by atoms with van der Waals surface area (Å²) < 4.78 is 24.4. The fourth-order valence-electron chi connectivity index (χ4n) is 5.13. The topological polar surface area (TPSA) is 70.8 Å². The standard InChI is InChI=1S/C28H34ClNO5Si/c1-28(2,3)36(22-11-7-5-8-12-22,23-13-9-6-10-14-23)35-21-15-20(17-27(31)32-4)33-24(16-21)25-19-30-26(18-29)34-25/h5-14,19-21,24H,15-18H2,1-4H3/t20-,21+,24+/m0/s1. The Balaban J connectivity index is 1.75. The third kappa shape index (κ3) is 5.59. The van der Waals surface area contributed by atoms with E-state index >= 15 is 0 Å². The van der Waals surface area contributed by atoms with Crippen molar-refractivity contribution in [2.45, 2.75) is 69.3 Å². The molecule has 0 N–H and O–H groups in total. The Hall–Kier alpha value is -2.45. The molecular formula is C28H34ClNO5Si. The van der Waals surface area contributed by atoms with Crippen LogP contribution in [-0.2, 0) is 24.6 Å². The molecule has 2 heterocycles. The molecule has 0 aliphatic carbocycles. The van der Waals surface area contributed by atoms with Gasteiger partial charge >= 0.3 is 5.97 Å². The number of rotatable bonds is 8. The summed E-state index contributed by atoms with van der Waals surface area (Å²) in [5.74, 6) is 0.898. The highest BCUT2D eigenvalue weighted by Crippen LogP contribution is 2.41. The second-order valence-corrected chi connectivity index (χ2v) is 14.7. The van der Waals surface area contributed by atoms with Crippen molar-refractivity contribution in [1.29, 1.82) is 0 Å². The fraction of sp³-hybridized carbons (Fsp3) is 0.429. The normalized spacial score (nSPS) is 20.8. The molecule has 192 valence electrons. The lowest BCUT2D eigenvalue weighted by atomic mass is 9.98. The Morgan fingerprint density at radius 1 is 1.06 bits per heavy atom. The van der Waals surface area contributed by atoms with Crippen molar-refractivity contribution < 1.29 is 23.1 Å². The summed E-state index contributed by atoms with van der Waals surface area (Å²) in [5.41, 5.74) is 0. The molecule has 2 aromatic carbocycles. The predicted molar refractivity (Wildman–Crippen MR) is 142 cm³/mol. The first-order chi connectivity index (χ1) is 17.3. The van der Waals surface area contributed by atoms with Gasteiger partial charge in [0.05, 0.1) is 37.8 Å². The van der Waals surface area contributed by atoms with Crippen LogP contribution in [0.2, 0.25) is 5.04 Å². The van der Waals surface area contributed by atoms with Crippen molar-refractivity contribution in [3.63, 3.8) is 0 Å². The molecule has 3 atom stereocenters. The van der Waals surface area contributed by atoms with Gasteiger partial charge in [0.25, 0.3) is 8.32 Å². The minimum absolute atomic E-state index is 0.143. The van der Waals surface area contributed by atoms with Crippen LogP contribution in [0, 0.1) is 0 Å². The smallest absolute Gasteiger partial charge is 0.308 e. The summed E-state index contributed by atoms with van der Waals surface area (Å²) in [7, 11) is -1.39. The van der Waals surface area contributed by atoms with E-state index in [1.165, 1.54) is 17.5 Å². The summed E-state index contributed by atoms with van der Waals surface area (Å²) in [6, 6.07) is 21.1. The van der Waals surface area contributed by atoms with E-state index in [0.29, 0.717) is 24.5 Å². The van der Waals surface area contributed by atoms with Crippen LogP contribution in [0.3, 0.4) is 0 Å². The lowest BCUT2D eigenvalue weighted by molar-refractivity contribution is -0.151. The van der Waals surface area contributed by atoms with E-state index in [1.807, 2.05) is 12.1 Å². The summed E-state index contributed by atoms with van der Waals surface area (Å²) in [6.45, 7) is 6.77. The number of oxazole rings is 1. The van der Waals surface area contributed by atoms with Gasteiger partial charge in [0, 0.05) is 6.42 Å². The number of carbonyl (C=O) groups is 1. The first-order valence-corrected chi connectivity index (χ1v) is 14.7. The van der Waals surface area contributed by atoms with E-state index in [2.05, 4.69) is 74.3 Å². The van der Waals surface area contributed by atoms with Gasteiger partial charge in [-0.1, -0.05) is 81.4 Å². The number of alkyl halides is 1. The molecular weight excluding hydrogens is 494 g/mol. The average Bonchev–Trinajstić information content (AvgIpc) is 3.37. The van der Waals surface area contributed by atoms with Crippen LogP contribution in [-0.4, -0.2) is 38.6 Å². The Morgan fingerprint density at radius 2 is 1.67 bits per heavy atom. The van der Waals surface area contributed by atoms with Crippen molar-refractivity contribution in [1.82, 2.24) is 4.98 Å². The number of aromatic nitrogens is 1. The molecule has 0 saturated carbocycles. The summed E-state index contributed by atoms with van der Waals surface area (Å²) in [5, 5.41) is 2.25. The van der Waals surface area contributed by atoms with Gasteiger partial charge in [0.2, 0.25) is 5.89 Å². The predicted octanol–water partition coefficient (Wildman–Crippen LogP) is 5.14. The molecule has 4 rings (SSSR count). The molecule has 1 aliphatic rings. The molecule has 0 bridgehead atoms. The Labute approximate surface area is 219 Å². The van der Waals surface area contributed by atoms with Gasteiger partial charge in [-0.05, 0) is 21.8 Å². The van der Waals surface area contributed by atoms with E-state index in [9.17, 15) is 4.79 Å². The van der Waals surface area contributed by atoms with Crippen LogP contribution >= 0.6 is 11.6 Å². The van der Waals surface area contributed by atoms with Crippen LogP contribution in [0.25, 0.3) is 0 Å². The van der Waals surface area contributed by atoms with Crippen molar-refractivity contribution in [2.75, 3.05) is 7.11 Å². The van der Waals surface area contributed by atoms with Crippen LogP contribution < -0.4 is 10.4 Å². The number of nitrogens with zero attached hydrogens (tertiary/aromatic N) is 1. The molecule has 3 aromatic rings. The maximum Gasteiger partial charge on any atom is 0.308 e. The van der Waals surface area contributed by atoms with Gasteiger partial charge in [-0.3, -0.25) is 4.79 Å². The number of halogens is 1. The molecule has 0 radical (unpaired) electrons. The number of carbonyl (C=O) groups excluding carboxylic acids is 1. The molecule has 1 aromatic heterocycles. The average molecular weight is 528 g/mol. The van der Waals surface area contributed by atoms with Gasteiger partial charge in [-0.2, -0.15) is 0 Å². The first-order valence-electron chi connectivity index (χ1n) is 12.3. The monoisotopic (exact) mass is 527 g/mol. The van der Waals surface area contributed by atoms with Gasteiger partial charge in [0.15, 0.2) is 5.76 Å². The zero-order valence-electron chi connectivity index (χ0n) is 21.3. The van der Waals surface area contributed by atoms with Gasteiger partial charge in [0.1, 0.15) is 6.10 Å². The minimum Gasteiger partial charge on any atom is -0.469 e. The second kappa shape index (κ2) is 11.3. The molecule has 1 saturated heterocycles. The number of hydrogen-bond donors (Lipinski definition) is 0. The Morgan fingerprint density at radius 3 is 2.17 bits per heavy atom. The van der Waals surface area contributed by atoms with Gasteiger partial charge in [-0.15, -0.1) is 11.6 Å². The van der Waals surface area contributed by atoms with Crippen molar-refractivity contribution in [3.8, 4) is 0 Å².